The second-order valence-electron chi connectivity index (χ2n) is 26.4. The Hall–Kier alpha value is -6.60. The zero-order chi connectivity index (χ0) is 63.5. The summed E-state index contributed by atoms with van der Waals surface area (Å²) < 4.78 is 0. The molecule has 0 bridgehead atoms. The van der Waals surface area contributed by atoms with Gasteiger partial charge in [-0.25, -0.2) is 0 Å². The molecule has 0 spiro atoms. The molecule has 0 amide bonds. The van der Waals surface area contributed by atoms with Crippen LogP contribution < -0.4 is 42.4 Å². The zero-order valence-electron chi connectivity index (χ0n) is 56.9. The van der Waals surface area contributed by atoms with E-state index in [0.29, 0.717) is 34.5 Å². The molecule has 0 aromatic heterocycles. The van der Waals surface area contributed by atoms with Crippen molar-refractivity contribution in [2.24, 2.45) is 22.7 Å². The molecule has 486 valence electrons. The Kier molecular flexibility index (Phi) is 28.6. The summed E-state index contributed by atoms with van der Waals surface area (Å²) in [4.78, 5) is 0. The van der Waals surface area contributed by atoms with E-state index in [-0.39, 0.29) is 42.8 Å². The van der Waals surface area contributed by atoms with Gasteiger partial charge in [0, 0.05) is 0 Å². The molecule has 5 heteroatoms. The van der Waals surface area contributed by atoms with E-state index in [0.717, 1.165) is 12.8 Å². The molecule has 10 aromatic carbocycles. The predicted molar refractivity (Wildman–Crippen MR) is 427 cm³/mol. The molecule has 0 aliphatic heterocycles. The third-order valence-electron chi connectivity index (χ3n) is 19.7. The van der Waals surface area contributed by atoms with Crippen LogP contribution in [0, 0.1) is 37.5 Å². The molecule has 0 N–H and O–H groups in total. The minimum atomic E-state index is -0.534. The van der Waals surface area contributed by atoms with Crippen LogP contribution in [0.15, 0.2) is 316 Å². The van der Waals surface area contributed by atoms with Gasteiger partial charge in [0.05, 0.1) is 0 Å². The van der Waals surface area contributed by atoms with E-state index in [4.69, 9.17) is 0 Å². The van der Waals surface area contributed by atoms with E-state index in [9.17, 15) is 0 Å². The molecule has 0 nitrogen and oxygen atoms in total. The smallest absolute Gasteiger partial charge is 0.358 e. The van der Waals surface area contributed by atoms with Crippen molar-refractivity contribution in [3.05, 3.63) is 354 Å². The number of hydrogen-bond acceptors (Lipinski definition) is 0. The number of hydrogen-bond donors (Lipinski definition) is 0. The molecular weight excluding hydrogens is 1260 g/mol. The van der Waals surface area contributed by atoms with E-state index >= 15 is 0 Å². The number of benzene rings is 10. The second-order valence-corrected chi connectivity index (χ2v) is 36.1. The van der Waals surface area contributed by atoms with Gasteiger partial charge in [-0.15, -0.1) is 0 Å². The van der Waals surface area contributed by atoms with Crippen molar-refractivity contribution in [1.82, 2.24) is 0 Å². The minimum absolute atomic E-state index is 0. The first-order chi connectivity index (χ1) is 45.1. The normalized spacial score (nSPS) is 17.8. The first kappa shape index (κ1) is 74.2. The maximum Gasteiger partial charge on any atom is 2.00 e. The summed E-state index contributed by atoms with van der Waals surface area (Å²) in [6.07, 6.45) is 22.8. The second kappa shape index (κ2) is 36.7. The van der Waals surface area contributed by atoms with Crippen LogP contribution in [0.1, 0.15) is 101 Å². The van der Waals surface area contributed by atoms with Gasteiger partial charge in [-0.05, 0) is 193 Å². The SMILES string of the molecule is C=Cc1ccc(/C=C/CCC(C)(C)C2CC(P(c3ccccc3)c3ccccc3)C(P(c3ccccc3)c3ccccc3)C2)cc1.C=Cc1ccc(/C=C/CCC(C)(C)C2CC(P(c3ccccc3)c3ccccc3)C(P(c3ccccc3)c3ccccc3)C2)cc1.[CH3-].[CH3-].[Fe+2]. The van der Waals surface area contributed by atoms with Crippen molar-refractivity contribution < 1.29 is 17.1 Å². The van der Waals surface area contributed by atoms with Crippen molar-refractivity contribution in [1.29, 1.82) is 0 Å². The predicted octanol–water partition coefficient (Wildman–Crippen LogP) is 22.0. The molecule has 10 aromatic rings. The first-order valence-corrected chi connectivity index (χ1v) is 39.1. The Balaban J connectivity index is 0.000000236. The van der Waals surface area contributed by atoms with Gasteiger partial charge in [-0.2, -0.15) is 0 Å². The Morgan fingerprint density at radius 3 is 0.653 bits per heavy atom. The Bertz CT molecular complexity index is 3280. The fourth-order valence-corrected chi connectivity index (χ4v) is 28.0. The summed E-state index contributed by atoms with van der Waals surface area (Å²) in [5.74, 6) is 1.33. The molecule has 95 heavy (non-hydrogen) atoms. The Morgan fingerprint density at radius 2 is 0.474 bits per heavy atom. The van der Waals surface area contributed by atoms with E-state index in [1.54, 1.807) is 0 Å². The van der Waals surface area contributed by atoms with Crippen LogP contribution in [0.2, 0.25) is 0 Å². The van der Waals surface area contributed by atoms with Crippen LogP contribution in [0.3, 0.4) is 0 Å². The molecule has 0 saturated heterocycles. The van der Waals surface area contributed by atoms with Gasteiger partial charge in [-0.1, -0.05) is 368 Å². The summed E-state index contributed by atoms with van der Waals surface area (Å²) in [7, 11) is -2.13. The van der Waals surface area contributed by atoms with Gasteiger partial charge >= 0.3 is 17.1 Å². The van der Waals surface area contributed by atoms with E-state index < -0.39 is 31.7 Å². The average molecular weight is 1360 g/mol. The molecule has 12 rings (SSSR count). The van der Waals surface area contributed by atoms with Crippen molar-refractivity contribution >= 4 is 98.4 Å². The third kappa shape index (κ3) is 19.4. The maximum absolute atomic E-state index is 3.89. The minimum Gasteiger partial charge on any atom is -0.358 e. The summed E-state index contributed by atoms with van der Waals surface area (Å²) in [6, 6.07) is 109. The molecular formula is C90H98FeP4. The van der Waals surface area contributed by atoms with Crippen LogP contribution in [0.5, 0.6) is 0 Å². The molecule has 2 fully saturated rings. The summed E-state index contributed by atoms with van der Waals surface area (Å²) >= 11 is 0. The molecule has 2 saturated carbocycles. The Morgan fingerprint density at radius 1 is 0.295 bits per heavy atom. The Labute approximate surface area is 589 Å². The fourth-order valence-electron chi connectivity index (χ4n) is 14.5. The zero-order valence-corrected chi connectivity index (χ0v) is 61.5. The topological polar surface area (TPSA) is 0 Å². The van der Waals surface area contributed by atoms with Crippen LogP contribution in [-0.2, 0) is 17.1 Å². The molecule has 2 aliphatic carbocycles. The fraction of sp³-hybridized carbons (Fsp3) is 0.222. The molecule has 0 radical (unpaired) electrons. The first-order valence-electron chi connectivity index (χ1n) is 33.4. The molecule has 2 aliphatic rings. The molecule has 4 unspecified atom stereocenters. The monoisotopic (exact) mass is 1360 g/mol. The van der Waals surface area contributed by atoms with Gasteiger partial charge in [0.25, 0.3) is 0 Å². The van der Waals surface area contributed by atoms with E-state index in [1.165, 1.54) is 103 Å². The van der Waals surface area contributed by atoms with E-state index in [1.807, 2.05) is 12.2 Å². The number of allylic oxidation sites excluding steroid dienone is 2. The quantitative estimate of drug-likeness (QED) is 0.0321. The van der Waals surface area contributed by atoms with Crippen molar-refractivity contribution in [3.8, 4) is 0 Å². The summed E-state index contributed by atoms with van der Waals surface area (Å²) in [6.45, 7) is 18.0. The maximum atomic E-state index is 3.89. The van der Waals surface area contributed by atoms with Crippen LogP contribution >= 0.6 is 31.7 Å². The van der Waals surface area contributed by atoms with Crippen LogP contribution in [0.25, 0.3) is 24.3 Å². The van der Waals surface area contributed by atoms with Gasteiger partial charge in [-0.3, -0.25) is 0 Å². The third-order valence-corrected chi connectivity index (χ3v) is 31.9. The summed E-state index contributed by atoms with van der Waals surface area (Å²) in [5, 5.41) is 12.1. The van der Waals surface area contributed by atoms with Gasteiger partial charge in [0.1, 0.15) is 0 Å². The standard InChI is InChI=1S/2C44H46P2.2CH3.Fe/c2*1-4-35-28-30-36(31-29-35)19-17-18-32-44(2,3)37-33-42(45(38-20-9-5-10-21-38)39-22-11-6-12-23-39)43(34-37)46(40-24-13-7-14-25-40)41-26-15-8-16-27-41;;;/h2*4-17,19-31,37,42-43H,1,18,32-34H2,2-3H3;2*1H3;/q;;2*-1;+2/b2*19-17+;;;. The van der Waals surface area contributed by atoms with Crippen molar-refractivity contribution in [2.75, 3.05) is 0 Å². The number of rotatable bonds is 24. The molecule has 4 atom stereocenters. The molecule has 0 heterocycles. The van der Waals surface area contributed by atoms with Gasteiger partial charge < -0.3 is 14.9 Å². The van der Waals surface area contributed by atoms with Crippen LogP contribution in [-0.4, -0.2) is 22.6 Å². The van der Waals surface area contributed by atoms with Crippen LogP contribution in [0.4, 0.5) is 0 Å². The van der Waals surface area contributed by atoms with Crippen molar-refractivity contribution in [3.63, 3.8) is 0 Å². The van der Waals surface area contributed by atoms with Gasteiger partial charge in [0.2, 0.25) is 0 Å². The van der Waals surface area contributed by atoms with E-state index in [2.05, 4.69) is 356 Å². The van der Waals surface area contributed by atoms with Gasteiger partial charge in [0.15, 0.2) is 0 Å². The largest absolute Gasteiger partial charge is 2.00 e. The summed E-state index contributed by atoms with van der Waals surface area (Å²) in [5.41, 5.74) is 7.77. The average Bonchev–Trinajstić information content (AvgIpc) is 1.66. The van der Waals surface area contributed by atoms with Crippen molar-refractivity contribution in [2.45, 2.75) is 102 Å².